The van der Waals surface area contributed by atoms with Crippen LogP contribution in [0.2, 0.25) is 0 Å². The van der Waals surface area contributed by atoms with Gasteiger partial charge in [0, 0.05) is 12.5 Å². The molecule has 0 amide bonds. The third kappa shape index (κ3) is 4.13. The van der Waals surface area contributed by atoms with Crippen LogP contribution < -0.4 is 4.74 Å². The van der Waals surface area contributed by atoms with Crippen LogP contribution in [0.4, 0.5) is 4.39 Å². The van der Waals surface area contributed by atoms with Crippen molar-refractivity contribution >= 4 is 0 Å². The predicted octanol–water partition coefficient (Wildman–Crippen LogP) is 2.66. The van der Waals surface area contributed by atoms with Gasteiger partial charge in [0.25, 0.3) is 0 Å². The van der Waals surface area contributed by atoms with Gasteiger partial charge in [-0.15, -0.1) is 6.58 Å². The third-order valence-electron chi connectivity index (χ3n) is 1.91. The van der Waals surface area contributed by atoms with Gasteiger partial charge >= 0.3 is 0 Å². The number of hydrogen-bond donors (Lipinski definition) is 1. The Balaban J connectivity index is 2.60. The van der Waals surface area contributed by atoms with Gasteiger partial charge < -0.3 is 9.84 Å². The lowest BCUT2D eigenvalue weighted by Gasteiger charge is -2.07. The average Bonchev–Trinajstić information content (AvgIpc) is 2.16. The fraction of sp³-hybridized carbons (Fsp3) is 0.333. The SMILES string of the molecule is C=C(C)CCOc1cc(F)cc(CO)c1. The van der Waals surface area contributed by atoms with E-state index in [1.165, 1.54) is 12.1 Å². The molecule has 0 unspecified atom stereocenters. The summed E-state index contributed by atoms with van der Waals surface area (Å²) in [5.74, 6) is 0.0483. The van der Waals surface area contributed by atoms with E-state index in [2.05, 4.69) is 6.58 Å². The van der Waals surface area contributed by atoms with Gasteiger partial charge in [-0.25, -0.2) is 4.39 Å². The molecule has 82 valence electrons. The van der Waals surface area contributed by atoms with Crippen molar-refractivity contribution in [3.8, 4) is 5.75 Å². The lowest BCUT2D eigenvalue weighted by Crippen LogP contribution is -1.99. The van der Waals surface area contributed by atoms with Gasteiger partial charge in [0.1, 0.15) is 11.6 Å². The molecular weight excluding hydrogens is 195 g/mol. The zero-order valence-electron chi connectivity index (χ0n) is 8.79. The van der Waals surface area contributed by atoms with E-state index in [0.717, 1.165) is 12.0 Å². The van der Waals surface area contributed by atoms with E-state index in [4.69, 9.17) is 9.84 Å². The summed E-state index contributed by atoms with van der Waals surface area (Å²) >= 11 is 0. The van der Waals surface area contributed by atoms with Crippen LogP contribution >= 0.6 is 0 Å². The lowest BCUT2D eigenvalue weighted by atomic mass is 10.2. The first-order valence-corrected chi connectivity index (χ1v) is 4.79. The van der Waals surface area contributed by atoms with Crippen molar-refractivity contribution in [2.75, 3.05) is 6.61 Å². The van der Waals surface area contributed by atoms with Crippen LogP contribution in [-0.4, -0.2) is 11.7 Å². The summed E-state index contributed by atoms with van der Waals surface area (Å²) in [4.78, 5) is 0. The molecule has 1 rings (SSSR count). The predicted molar refractivity (Wildman–Crippen MR) is 57.2 cm³/mol. The van der Waals surface area contributed by atoms with Crippen LogP contribution in [0.5, 0.6) is 5.75 Å². The molecule has 0 aliphatic carbocycles. The molecule has 2 nitrogen and oxygen atoms in total. The maximum atomic E-state index is 13.0. The van der Waals surface area contributed by atoms with Gasteiger partial charge in [0.05, 0.1) is 13.2 Å². The van der Waals surface area contributed by atoms with E-state index in [0.29, 0.717) is 17.9 Å². The fourth-order valence-corrected chi connectivity index (χ4v) is 1.14. The first-order chi connectivity index (χ1) is 7.11. The lowest BCUT2D eigenvalue weighted by molar-refractivity contribution is 0.278. The van der Waals surface area contributed by atoms with E-state index in [1.54, 1.807) is 6.07 Å². The van der Waals surface area contributed by atoms with Crippen LogP contribution in [0.25, 0.3) is 0 Å². The van der Waals surface area contributed by atoms with Crippen molar-refractivity contribution in [3.63, 3.8) is 0 Å². The second-order valence-electron chi connectivity index (χ2n) is 3.51. The number of rotatable bonds is 5. The maximum Gasteiger partial charge on any atom is 0.127 e. The standard InChI is InChI=1S/C12H15FO2/c1-9(2)3-4-15-12-6-10(8-14)5-11(13)7-12/h5-7,14H,1,3-4,8H2,2H3. The Morgan fingerprint density at radius 1 is 1.47 bits per heavy atom. The minimum Gasteiger partial charge on any atom is -0.493 e. The molecule has 0 heterocycles. The highest BCUT2D eigenvalue weighted by Gasteiger charge is 2.01. The normalized spacial score (nSPS) is 10.1. The highest BCUT2D eigenvalue weighted by molar-refractivity contribution is 5.29. The molecule has 1 aromatic rings. The van der Waals surface area contributed by atoms with Crippen molar-refractivity contribution in [1.82, 2.24) is 0 Å². The average molecular weight is 210 g/mol. The molecule has 3 heteroatoms. The summed E-state index contributed by atoms with van der Waals surface area (Å²) in [6.07, 6.45) is 0.741. The van der Waals surface area contributed by atoms with Gasteiger partial charge in [-0.05, 0) is 24.6 Å². The van der Waals surface area contributed by atoms with Crippen LogP contribution in [0, 0.1) is 5.82 Å². The van der Waals surface area contributed by atoms with Gasteiger partial charge in [-0.3, -0.25) is 0 Å². The first kappa shape index (κ1) is 11.7. The van der Waals surface area contributed by atoms with Crippen LogP contribution in [0.1, 0.15) is 18.9 Å². The smallest absolute Gasteiger partial charge is 0.127 e. The Kier molecular flexibility index (Phi) is 4.31. The van der Waals surface area contributed by atoms with E-state index >= 15 is 0 Å². The van der Waals surface area contributed by atoms with Crippen molar-refractivity contribution in [1.29, 1.82) is 0 Å². The molecule has 0 aromatic heterocycles. The maximum absolute atomic E-state index is 13.0. The molecule has 0 spiro atoms. The van der Waals surface area contributed by atoms with E-state index in [1.807, 2.05) is 6.92 Å². The second kappa shape index (κ2) is 5.51. The summed E-state index contributed by atoms with van der Waals surface area (Å²) < 4.78 is 18.3. The van der Waals surface area contributed by atoms with E-state index in [-0.39, 0.29) is 6.61 Å². The summed E-state index contributed by atoms with van der Waals surface area (Å²) in [6, 6.07) is 4.21. The zero-order valence-corrected chi connectivity index (χ0v) is 8.79. The molecule has 0 saturated heterocycles. The molecule has 0 fully saturated rings. The van der Waals surface area contributed by atoms with Crippen LogP contribution in [0.3, 0.4) is 0 Å². The molecule has 1 N–H and O–H groups in total. The van der Waals surface area contributed by atoms with Crippen LogP contribution in [-0.2, 0) is 6.61 Å². The number of aliphatic hydroxyl groups is 1. The topological polar surface area (TPSA) is 29.5 Å². The van der Waals surface area contributed by atoms with E-state index in [9.17, 15) is 4.39 Å². The van der Waals surface area contributed by atoms with Crippen molar-refractivity contribution < 1.29 is 14.2 Å². The summed E-state index contributed by atoms with van der Waals surface area (Å²) in [5, 5.41) is 8.86. The monoisotopic (exact) mass is 210 g/mol. The summed E-state index contributed by atoms with van der Waals surface area (Å²) in [7, 11) is 0. The minimum absolute atomic E-state index is 0.186. The Morgan fingerprint density at radius 3 is 2.80 bits per heavy atom. The van der Waals surface area contributed by atoms with Gasteiger partial charge in [-0.2, -0.15) is 0 Å². The molecule has 0 bridgehead atoms. The molecule has 0 saturated carbocycles. The van der Waals surface area contributed by atoms with Crippen molar-refractivity contribution in [2.24, 2.45) is 0 Å². The summed E-state index contributed by atoms with van der Waals surface area (Å²) in [5.41, 5.74) is 1.54. The molecule has 1 aromatic carbocycles. The molecule has 0 aliphatic rings. The highest BCUT2D eigenvalue weighted by Crippen LogP contribution is 2.17. The second-order valence-corrected chi connectivity index (χ2v) is 3.51. The number of benzene rings is 1. The highest BCUT2D eigenvalue weighted by atomic mass is 19.1. The Morgan fingerprint density at radius 2 is 2.20 bits per heavy atom. The quantitative estimate of drug-likeness (QED) is 0.757. The van der Waals surface area contributed by atoms with Gasteiger partial charge in [0.15, 0.2) is 0 Å². The molecular formula is C12H15FO2. The Hall–Kier alpha value is -1.35. The number of aliphatic hydroxyl groups excluding tert-OH is 1. The third-order valence-corrected chi connectivity index (χ3v) is 1.91. The van der Waals surface area contributed by atoms with Crippen LogP contribution in [0.15, 0.2) is 30.4 Å². The van der Waals surface area contributed by atoms with Gasteiger partial charge in [-0.1, -0.05) is 5.57 Å². The Labute approximate surface area is 89.0 Å². The number of halogens is 1. The molecule has 0 radical (unpaired) electrons. The van der Waals surface area contributed by atoms with Crippen molar-refractivity contribution in [2.45, 2.75) is 20.0 Å². The number of hydrogen-bond acceptors (Lipinski definition) is 2. The molecule has 0 aliphatic heterocycles. The Bertz CT molecular complexity index is 347. The zero-order chi connectivity index (χ0) is 11.3. The van der Waals surface area contributed by atoms with Crippen molar-refractivity contribution in [3.05, 3.63) is 41.7 Å². The molecule has 15 heavy (non-hydrogen) atoms. The summed E-state index contributed by atoms with van der Waals surface area (Å²) in [6.45, 7) is 5.94. The first-order valence-electron chi connectivity index (χ1n) is 4.79. The largest absolute Gasteiger partial charge is 0.493 e. The fourth-order valence-electron chi connectivity index (χ4n) is 1.14. The van der Waals surface area contributed by atoms with Gasteiger partial charge in [0.2, 0.25) is 0 Å². The molecule has 0 atom stereocenters. The minimum atomic E-state index is -0.396. The number of ether oxygens (including phenoxy) is 1. The van der Waals surface area contributed by atoms with E-state index < -0.39 is 5.82 Å².